The summed E-state index contributed by atoms with van der Waals surface area (Å²) < 4.78 is 39.9. The molecule has 2 aromatic heterocycles. The molecule has 3 amide bonds. The van der Waals surface area contributed by atoms with Gasteiger partial charge in [0, 0.05) is 35.7 Å². The molecule has 1 saturated heterocycles. The average molecular weight is 602 g/mol. The van der Waals surface area contributed by atoms with Crippen LogP contribution in [0.1, 0.15) is 56.7 Å². The number of ether oxygens (including phenoxy) is 1. The zero-order chi connectivity index (χ0) is 30.5. The minimum absolute atomic E-state index is 0.0569. The van der Waals surface area contributed by atoms with Crippen LogP contribution in [0.5, 0.6) is 5.75 Å². The molecule has 1 aliphatic rings. The predicted octanol–water partition coefficient (Wildman–Crippen LogP) is 4.53. The molecular weight excluding hydrogens is 564 g/mol. The Morgan fingerprint density at radius 2 is 1.67 bits per heavy atom. The van der Waals surface area contributed by atoms with Crippen molar-refractivity contribution in [2.24, 2.45) is 0 Å². The molecule has 0 saturated carbocycles. The summed E-state index contributed by atoms with van der Waals surface area (Å²) >= 11 is 0. The maximum atomic E-state index is 12.7. The second-order valence-electron chi connectivity index (χ2n) is 11.2. The SMILES string of the molecule is CC[N+]1(OS(C)(=O)=O)CCC(Oc2ccc(C(=O)Nc3ccc(NC(=O)Nc4cc(C(C)(C)C)no4)cc3)nc2)CC1. The number of hydrogen-bond acceptors (Lipinski definition) is 9. The monoisotopic (exact) mass is 601 g/mol. The van der Waals surface area contributed by atoms with Crippen LogP contribution in [0.3, 0.4) is 0 Å². The molecule has 4 rings (SSSR count). The van der Waals surface area contributed by atoms with E-state index in [4.69, 9.17) is 13.5 Å². The number of likely N-dealkylation sites (tertiary alicyclic amines) is 1. The molecule has 1 aromatic carbocycles. The fourth-order valence-corrected chi connectivity index (χ4v) is 5.26. The number of amides is 3. The number of hydrogen-bond donors (Lipinski definition) is 3. The van der Waals surface area contributed by atoms with Crippen molar-refractivity contribution in [3.8, 4) is 5.75 Å². The number of pyridine rings is 1. The van der Waals surface area contributed by atoms with E-state index in [-0.39, 0.29) is 27.7 Å². The van der Waals surface area contributed by atoms with Crippen molar-refractivity contribution in [3.05, 3.63) is 60.0 Å². The lowest BCUT2D eigenvalue weighted by molar-refractivity contribution is -1.08. The summed E-state index contributed by atoms with van der Waals surface area (Å²) in [4.78, 5) is 29.2. The molecule has 3 aromatic rings. The average Bonchev–Trinajstić information content (AvgIpc) is 3.40. The zero-order valence-corrected chi connectivity index (χ0v) is 25.2. The predicted molar refractivity (Wildman–Crippen MR) is 157 cm³/mol. The van der Waals surface area contributed by atoms with Gasteiger partial charge in [-0.25, -0.2) is 9.78 Å². The van der Waals surface area contributed by atoms with Gasteiger partial charge in [0.15, 0.2) is 0 Å². The van der Waals surface area contributed by atoms with Crippen LogP contribution in [-0.2, 0) is 19.8 Å². The summed E-state index contributed by atoms with van der Waals surface area (Å²) in [5.74, 6) is 0.354. The number of piperidine rings is 1. The Kier molecular flexibility index (Phi) is 9.18. The maximum absolute atomic E-state index is 12.7. The highest BCUT2D eigenvalue weighted by Gasteiger charge is 2.38. The Balaban J connectivity index is 1.25. The highest BCUT2D eigenvalue weighted by molar-refractivity contribution is 7.85. The molecule has 0 spiro atoms. The largest absolute Gasteiger partial charge is 0.488 e. The first-order valence-corrected chi connectivity index (χ1v) is 15.4. The second-order valence-corrected chi connectivity index (χ2v) is 12.8. The van der Waals surface area contributed by atoms with E-state index >= 15 is 0 Å². The summed E-state index contributed by atoms with van der Waals surface area (Å²) in [6, 6.07) is 11.0. The first-order valence-electron chi connectivity index (χ1n) is 13.6. The summed E-state index contributed by atoms with van der Waals surface area (Å²) in [5.41, 5.74) is 1.76. The van der Waals surface area contributed by atoms with Gasteiger partial charge in [-0.15, -0.1) is 0 Å². The number of nitrogens with one attached hydrogen (secondary N) is 3. The Hall–Kier alpha value is -4.01. The Morgan fingerprint density at radius 1 is 1.02 bits per heavy atom. The molecule has 0 bridgehead atoms. The highest BCUT2D eigenvalue weighted by Crippen LogP contribution is 2.26. The van der Waals surface area contributed by atoms with Crippen LogP contribution in [-0.4, -0.2) is 67.1 Å². The molecule has 0 aliphatic carbocycles. The van der Waals surface area contributed by atoms with Crippen molar-refractivity contribution in [2.75, 3.05) is 41.8 Å². The molecule has 13 nitrogen and oxygen atoms in total. The Morgan fingerprint density at radius 3 is 2.19 bits per heavy atom. The third-order valence-electron chi connectivity index (χ3n) is 6.77. The van der Waals surface area contributed by atoms with Gasteiger partial charge in [0.25, 0.3) is 5.91 Å². The molecule has 1 aliphatic heterocycles. The van der Waals surface area contributed by atoms with E-state index in [1.54, 1.807) is 42.5 Å². The van der Waals surface area contributed by atoms with Crippen molar-refractivity contribution in [2.45, 2.75) is 52.1 Å². The normalized spacial score (nSPS) is 19.1. The van der Waals surface area contributed by atoms with E-state index in [1.807, 2.05) is 27.7 Å². The lowest BCUT2D eigenvalue weighted by Gasteiger charge is -2.38. The smallest absolute Gasteiger partial charge is 0.326 e. The van der Waals surface area contributed by atoms with Gasteiger partial charge in [0.1, 0.15) is 37.2 Å². The molecular formula is C28H37N6O7S+. The Labute approximate surface area is 245 Å². The number of urea groups is 1. The van der Waals surface area contributed by atoms with Crippen LogP contribution in [0.4, 0.5) is 22.1 Å². The number of rotatable bonds is 9. The number of hydroxylamine groups is 3. The molecule has 0 radical (unpaired) electrons. The second kappa shape index (κ2) is 12.5. The Bertz CT molecular complexity index is 1490. The van der Waals surface area contributed by atoms with Crippen molar-refractivity contribution in [1.82, 2.24) is 10.1 Å². The summed E-state index contributed by atoms with van der Waals surface area (Å²) in [7, 11) is -3.57. The quantitative estimate of drug-likeness (QED) is 0.299. The van der Waals surface area contributed by atoms with E-state index in [9.17, 15) is 18.0 Å². The zero-order valence-electron chi connectivity index (χ0n) is 24.3. The van der Waals surface area contributed by atoms with Gasteiger partial charge in [0.2, 0.25) is 5.88 Å². The third-order valence-corrected chi connectivity index (χ3v) is 7.36. The third kappa shape index (κ3) is 8.50. The van der Waals surface area contributed by atoms with Crippen LogP contribution < -0.4 is 20.7 Å². The highest BCUT2D eigenvalue weighted by atomic mass is 32.2. The summed E-state index contributed by atoms with van der Waals surface area (Å²) in [5, 5.41) is 12.0. The fourth-order valence-electron chi connectivity index (χ4n) is 4.43. The van der Waals surface area contributed by atoms with E-state index in [0.717, 1.165) is 11.9 Å². The van der Waals surface area contributed by atoms with Gasteiger partial charge >= 0.3 is 16.1 Å². The number of aromatic nitrogens is 2. The molecule has 14 heteroatoms. The van der Waals surface area contributed by atoms with Crippen molar-refractivity contribution in [1.29, 1.82) is 0 Å². The summed E-state index contributed by atoms with van der Waals surface area (Å²) in [6.07, 6.45) is 3.68. The van der Waals surface area contributed by atoms with Crippen molar-refractivity contribution < 1.29 is 36.2 Å². The number of carbonyl (C=O) groups is 2. The first-order chi connectivity index (χ1) is 19.7. The first kappa shape index (κ1) is 30.9. The fraction of sp³-hybridized carbons (Fsp3) is 0.429. The van der Waals surface area contributed by atoms with Crippen LogP contribution in [0.15, 0.2) is 53.2 Å². The van der Waals surface area contributed by atoms with Crippen molar-refractivity contribution >= 4 is 39.3 Å². The number of quaternary nitrogens is 1. The molecule has 3 heterocycles. The molecule has 226 valence electrons. The van der Waals surface area contributed by atoms with Gasteiger partial charge in [0.05, 0.1) is 18.1 Å². The molecule has 0 atom stereocenters. The van der Waals surface area contributed by atoms with Gasteiger partial charge < -0.3 is 19.9 Å². The van der Waals surface area contributed by atoms with E-state index < -0.39 is 22.1 Å². The van der Waals surface area contributed by atoms with E-state index in [0.29, 0.717) is 49.6 Å². The lowest BCUT2D eigenvalue weighted by Crippen LogP contribution is -2.55. The van der Waals surface area contributed by atoms with E-state index in [1.165, 1.54) is 6.20 Å². The van der Waals surface area contributed by atoms with Crippen LogP contribution in [0.2, 0.25) is 0 Å². The number of anilines is 3. The van der Waals surface area contributed by atoms with Crippen molar-refractivity contribution in [3.63, 3.8) is 0 Å². The number of benzene rings is 1. The summed E-state index contributed by atoms with van der Waals surface area (Å²) in [6.45, 7) is 9.45. The standard InChI is InChI=1S/C28H36N6O7S/c1-6-34(41-42(5,37)38)15-13-21(14-16-34)39-22-11-12-23(29-18-22)26(35)30-19-7-9-20(10-8-19)31-27(36)32-25-17-24(33-40-25)28(2,3)4/h7-12,17-18,21H,6,13-16H2,1-5H3,(H2-,29,30,31,32,33,35,36)/p+1. The number of nitrogens with zero attached hydrogens (tertiary/aromatic N) is 3. The van der Waals surface area contributed by atoms with Gasteiger partial charge in [-0.3, -0.25) is 10.1 Å². The van der Waals surface area contributed by atoms with Gasteiger partial charge in [-0.05, 0) is 43.3 Å². The van der Waals surface area contributed by atoms with Crippen LogP contribution in [0, 0.1) is 0 Å². The van der Waals surface area contributed by atoms with Gasteiger partial charge in [-0.2, -0.15) is 13.1 Å². The topological polar surface area (TPSA) is 162 Å². The van der Waals surface area contributed by atoms with Gasteiger partial charge in [-0.1, -0.05) is 30.2 Å². The molecule has 3 N–H and O–H groups in total. The molecule has 0 unspecified atom stereocenters. The molecule has 1 fully saturated rings. The minimum Gasteiger partial charge on any atom is -0.488 e. The van der Waals surface area contributed by atoms with E-state index in [2.05, 4.69) is 26.1 Å². The minimum atomic E-state index is -3.57. The van der Waals surface area contributed by atoms with Crippen LogP contribution in [0.25, 0.3) is 0 Å². The maximum Gasteiger partial charge on any atom is 0.326 e. The van der Waals surface area contributed by atoms with Crippen LogP contribution >= 0.6 is 0 Å². The number of carbonyl (C=O) groups excluding carboxylic acids is 2. The lowest BCUT2D eigenvalue weighted by atomic mass is 9.92. The molecule has 42 heavy (non-hydrogen) atoms.